The van der Waals surface area contributed by atoms with Gasteiger partial charge in [0.25, 0.3) is 0 Å². The Kier molecular flexibility index (Phi) is 9.00. The first-order valence-corrected chi connectivity index (χ1v) is 10.1. The summed E-state index contributed by atoms with van der Waals surface area (Å²) in [5.41, 5.74) is 0. The van der Waals surface area contributed by atoms with Gasteiger partial charge in [-0.05, 0) is 12.3 Å². The molecule has 8 nitrogen and oxygen atoms in total. The summed E-state index contributed by atoms with van der Waals surface area (Å²) in [6, 6.07) is 0.472. The molecule has 1 fully saturated rings. The number of nitrogens with zero attached hydrogens (tertiary/aromatic N) is 4. The predicted octanol–water partition coefficient (Wildman–Crippen LogP) is 1.65. The summed E-state index contributed by atoms with van der Waals surface area (Å²) in [5, 5.41) is 10.8. The first kappa shape index (κ1) is 21.6. The van der Waals surface area contributed by atoms with E-state index in [2.05, 4.69) is 58.4 Å². The summed E-state index contributed by atoms with van der Waals surface area (Å²) >= 11 is 0. The van der Waals surface area contributed by atoms with Crippen molar-refractivity contribution in [3.63, 3.8) is 0 Å². The number of nitrogens with one attached hydrogen (secondary N) is 2. The predicted molar refractivity (Wildman–Crippen MR) is 107 cm³/mol. The monoisotopic (exact) mass is 380 g/mol. The van der Waals surface area contributed by atoms with E-state index in [1.54, 1.807) is 7.05 Å². The molecule has 0 radical (unpaired) electrons. The minimum atomic E-state index is 0.295. The first-order valence-electron chi connectivity index (χ1n) is 10.1. The third kappa shape index (κ3) is 7.10. The highest BCUT2D eigenvalue weighted by atomic mass is 16.5. The van der Waals surface area contributed by atoms with E-state index in [4.69, 9.17) is 9.26 Å². The highest BCUT2D eigenvalue weighted by Crippen LogP contribution is 2.12. The molecule has 154 valence electrons. The molecule has 0 aromatic carbocycles. The molecular formula is C19H36N6O2. The average Bonchev–Trinajstić information content (AvgIpc) is 3.13. The van der Waals surface area contributed by atoms with Gasteiger partial charge in [-0.15, -0.1) is 0 Å². The molecule has 0 amide bonds. The average molecular weight is 381 g/mol. The highest BCUT2D eigenvalue weighted by Gasteiger charge is 2.23. The molecule has 1 aliphatic rings. The van der Waals surface area contributed by atoms with Crippen LogP contribution in [-0.2, 0) is 11.2 Å². The number of guanidine groups is 1. The Morgan fingerprint density at radius 3 is 2.52 bits per heavy atom. The largest absolute Gasteiger partial charge is 0.379 e. The minimum Gasteiger partial charge on any atom is -0.379 e. The van der Waals surface area contributed by atoms with Crippen LogP contribution in [-0.4, -0.2) is 73.5 Å². The van der Waals surface area contributed by atoms with Crippen LogP contribution < -0.4 is 10.6 Å². The van der Waals surface area contributed by atoms with E-state index in [9.17, 15) is 0 Å². The van der Waals surface area contributed by atoms with E-state index in [-0.39, 0.29) is 0 Å². The maximum Gasteiger partial charge on any atom is 0.226 e. The lowest BCUT2D eigenvalue weighted by Gasteiger charge is -2.37. The lowest BCUT2D eigenvalue weighted by atomic mass is 10.0. The number of hydrogen-bond donors (Lipinski definition) is 2. The molecule has 0 aliphatic carbocycles. The van der Waals surface area contributed by atoms with Crippen LogP contribution in [0.25, 0.3) is 0 Å². The Balaban J connectivity index is 1.71. The third-order valence-electron chi connectivity index (χ3n) is 4.85. The Hall–Kier alpha value is -1.67. The standard InChI is InChI=1S/C19H36N6O2/c1-14(2)16(25-9-11-26-12-10-25)13-22-19(20-5)21-8-6-7-17-23-18(15(3)4)24-27-17/h14-16H,6-13H2,1-5H3,(H2,20,21,22). The zero-order valence-corrected chi connectivity index (χ0v) is 17.5. The second kappa shape index (κ2) is 11.2. The van der Waals surface area contributed by atoms with Gasteiger partial charge in [0.05, 0.1) is 13.2 Å². The van der Waals surface area contributed by atoms with Crippen molar-refractivity contribution in [3.05, 3.63) is 11.7 Å². The lowest BCUT2D eigenvalue weighted by molar-refractivity contribution is 0.00752. The van der Waals surface area contributed by atoms with Crippen molar-refractivity contribution in [2.75, 3.05) is 46.4 Å². The Bertz CT molecular complexity index is 566. The fraction of sp³-hybridized carbons (Fsp3) is 0.842. The molecule has 2 heterocycles. The Morgan fingerprint density at radius 1 is 1.19 bits per heavy atom. The molecule has 27 heavy (non-hydrogen) atoms. The zero-order chi connectivity index (χ0) is 19.6. The fourth-order valence-electron chi connectivity index (χ4n) is 3.17. The molecule has 1 atom stereocenters. The summed E-state index contributed by atoms with van der Waals surface area (Å²) in [5.74, 6) is 3.18. The lowest BCUT2D eigenvalue weighted by Crippen LogP contribution is -2.52. The molecule has 0 bridgehead atoms. The summed E-state index contributed by atoms with van der Waals surface area (Å²) in [4.78, 5) is 11.3. The van der Waals surface area contributed by atoms with Crippen LogP contribution in [0.5, 0.6) is 0 Å². The molecule has 8 heteroatoms. The van der Waals surface area contributed by atoms with Gasteiger partial charge in [0.2, 0.25) is 5.89 Å². The van der Waals surface area contributed by atoms with E-state index in [1.807, 2.05) is 0 Å². The van der Waals surface area contributed by atoms with Crippen LogP contribution in [0, 0.1) is 5.92 Å². The van der Waals surface area contributed by atoms with Crippen molar-refractivity contribution in [3.8, 4) is 0 Å². The quantitative estimate of drug-likeness (QED) is 0.382. The SMILES string of the molecule is CN=C(NCCCc1nc(C(C)C)no1)NCC(C(C)C)N1CCOCC1. The third-order valence-corrected chi connectivity index (χ3v) is 4.85. The summed E-state index contributed by atoms with van der Waals surface area (Å²) in [6.45, 7) is 14.0. The van der Waals surface area contributed by atoms with E-state index < -0.39 is 0 Å². The maximum absolute atomic E-state index is 5.48. The molecule has 2 N–H and O–H groups in total. The molecule has 1 aromatic heterocycles. The van der Waals surface area contributed by atoms with Gasteiger partial charge < -0.3 is 19.9 Å². The first-order chi connectivity index (χ1) is 13.0. The maximum atomic E-state index is 5.48. The molecule has 0 spiro atoms. The molecule has 1 unspecified atom stereocenters. The number of aromatic nitrogens is 2. The van der Waals surface area contributed by atoms with Crippen molar-refractivity contribution in [1.29, 1.82) is 0 Å². The number of aliphatic imine (C=N–C) groups is 1. The van der Waals surface area contributed by atoms with E-state index in [1.165, 1.54) is 0 Å². The van der Waals surface area contributed by atoms with Gasteiger partial charge in [-0.3, -0.25) is 9.89 Å². The van der Waals surface area contributed by atoms with E-state index in [0.29, 0.717) is 23.8 Å². The van der Waals surface area contributed by atoms with Gasteiger partial charge in [-0.25, -0.2) is 0 Å². The van der Waals surface area contributed by atoms with Crippen LogP contribution in [0.1, 0.15) is 51.7 Å². The van der Waals surface area contributed by atoms with Crippen molar-refractivity contribution < 1.29 is 9.26 Å². The highest BCUT2D eigenvalue weighted by molar-refractivity contribution is 5.79. The van der Waals surface area contributed by atoms with Gasteiger partial charge in [0.15, 0.2) is 11.8 Å². The van der Waals surface area contributed by atoms with E-state index >= 15 is 0 Å². The van der Waals surface area contributed by atoms with Gasteiger partial charge in [0, 0.05) is 51.6 Å². The Labute approximate surface area is 163 Å². The minimum absolute atomic E-state index is 0.295. The normalized spacial score (nSPS) is 17.5. The zero-order valence-electron chi connectivity index (χ0n) is 17.5. The number of ether oxygens (including phenoxy) is 1. The van der Waals surface area contributed by atoms with Crippen LogP contribution in [0.3, 0.4) is 0 Å². The van der Waals surface area contributed by atoms with Gasteiger partial charge >= 0.3 is 0 Å². The summed E-state index contributed by atoms with van der Waals surface area (Å²) < 4.78 is 10.8. The molecule has 2 rings (SSSR count). The summed E-state index contributed by atoms with van der Waals surface area (Å²) in [6.07, 6.45) is 1.68. The summed E-state index contributed by atoms with van der Waals surface area (Å²) in [7, 11) is 1.81. The van der Waals surface area contributed by atoms with Gasteiger partial charge in [-0.1, -0.05) is 32.9 Å². The van der Waals surface area contributed by atoms with Gasteiger partial charge in [-0.2, -0.15) is 4.98 Å². The smallest absolute Gasteiger partial charge is 0.226 e. The van der Waals surface area contributed by atoms with Crippen molar-refractivity contribution >= 4 is 5.96 Å². The number of rotatable bonds is 9. The molecule has 0 saturated carbocycles. The Morgan fingerprint density at radius 2 is 1.93 bits per heavy atom. The number of morpholine rings is 1. The van der Waals surface area contributed by atoms with Crippen LogP contribution >= 0.6 is 0 Å². The molecule has 1 aliphatic heterocycles. The van der Waals surface area contributed by atoms with Gasteiger partial charge in [0.1, 0.15) is 0 Å². The van der Waals surface area contributed by atoms with Crippen molar-refractivity contribution in [2.45, 2.75) is 52.5 Å². The number of aryl methyl sites for hydroxylation is 1. The fourth-order valence-corrected chi connectivity index (χ4v) is 3.17. The van der Waals surface area contributed by atoms with Crippen LogP contribution in [0.2, 0.25) is 0 Å². The number of hydrogen-bond acceptors (Lipinski definition) is 6. The topological polar surface area (TPSA) is 87.8 Å². The van der Waals surface area contributed by atoms with Crippen molar-refractivity contribution in [1.82, 2.24) is 25.7 Å². The van der Waals surface area contributed by atoms with E-state index in [0.717, 1.165) is 64.0 Å². The molecular weight excluding hydrogens is 344 g/mol. The van der Waals surface area contributed by atoms with Crippen molar-refractivity contribution in [2.24, 2.45) is 10.9 Å². The second-order valence-corrected chi connectivity index (χ2v) is 7.64. The molecule has 1 saturated heterocycles. The molecule has 1 aromatic rings. The van der Waals surface area contributed by atoms with Crippen LogP contribution in [0.15, 0.2) is 9.52 Å². The van der Waals surface area contributed by atoms with Crippen LogP contribution in [0.4, 0.5) is 0 Å². The second-order valence-electron chi connectivity index (χ2n) is 7.64.